The fourth-order valence-corrected chi connectivity index (χ4v) is 2.28. The first-order valence-corrected chi connectivity index (χ1v) is 7.66. The van der Waals surface area contributed by atoms with Crippen molar-refractivity contribution in [1.82, 2.24) is 9.97 Å². The zero-order valence-electron chi connectivity index (χ0n) is 13.1. The maximum atomic E-state index is 13.9. The van der Waals surface area contributed by atoms with E-state index in [1.54, 1.807) is 6.20 Å². The Morgan fingerprint density at radius 1 is 1.26 bits per heavy atom. The highest BCUT2D eigenvalue weighted by Gasteiger charge is 2.23. The van der Waals surface area contributed by atoms with E-state index in [1.807, 2.05) is 12.1 Å². The topological polar surface area (TPSA) is 73.6 Å². The van der Waals surface area contributed by atoms with Gasteiger partial charge < -0.3 is 10.6 Å². The summed E-state index contributed by atoms with van der Waals surface area (Å²) in [6.07, 6.45) is 5.49. The predicted octanol–water partition coefficient (Wildman–Crippen LogP) is 3.93. The summed E-state index contributed by atoms with van der Waals surface area (Å²) in [4.78, 5) is 8.28. The molecule has 0 amide bonds. The number of nitrogens with zero attached hydrogens (tertiary/aromatic N) is 3. The minimum atomic E-state index is -0.574. The average Bonchev–Trinajstić information content (AvgIpc) is 3.33. The fourth-order valence-electron chi connectivity index (χ4n) is 2.28. The van der Waals surface area contributed by atoms with Crippen LogP contribution in [0.3, 0.4) is 0 Å². The molecule has 23 heavy (non-hydrogen) atoms. The lowest BCUT2D eigenvalue weighted by molar-refractivity contribution is 0.625. The molecule has 0 bridgehead atoms. The van der Waals surface area contributed by atoms with Crippen LogP contribution in [0.25, 0.3) is 0 Å². The molecule has 1 aliphatic carbocycles. The van der Waals surface area contributed by atoms with E-state index in [2.05, 4.69) is 34.4 Å². The van der Waals surface area contributed by atoms with E-state index >= 15 is 0 Å². The van der Waals surface area contributed by atoms with Gasteiger partial charge in [0, 0.05) is 30.2 Å². The second kappa shape index (κ2) is 6.21. The van der Waals surface area contributed by atoms with E-state index in [1.165, 1.54) is 19.0 Å². The second-order valence-electron chi connectivity index (χ2n) is 6.02. The van der Waals surface area contributed by atoms with Crippen molar-refractivity contribution in [3.63, 3.8) is 0 Å². The number of nitrogens with one attached hydrogen (secondary N) is 2. The number of aromatic nitrogens is 2. The predicted molar refractivity (Wildman–Crippen MR) is 87.2 cm³/mol. The summed E-state index contributed by atoms with van der Waals surface area (Å²) in [5.74, 6) is 0.359. The molecule has 118 valence electrons. The minimum Gasteiger partial charge on any atom is -0.382 e. The molecule has 2 aromatic heterocycles. The molecule has 2 N–H and O–H groups in total. The zero-order chi connectivity index (χ0) is 16.4. The van der Waals surface area contributed by atoms with Gasteiger partial charge in [-0.3, -0.25) is 0 Å². The molecule has 1 fully saturated rings. The Bertz CT molecular complexity index is 762. The van der Waals surface area contributed by atoms with Crippen molar-refractivity contribution in [2.24, 2.45) is 0 Å². The Kier molecular flexibility index (Phi) is 4.11. The minimum absolute atomic E-state index is 0.0613. The smallest absolute Gasteiger partial charge is 0.167 e. The van der Waals surface area contributed by atoms with Crippen molar-refractivity contribution in [3.05, 3.63) is 41.5 Å². The van der Waals surface area contributed by atoms with Gasteiger partial charge in [-0.2, -0.15) is 5.26 Å². The molecule has 0 spiro atoms. The van der Waals surface area contributed by atoms with Crippen LogP contribution in [0.15, 0.2) is 24.5 Å². The van der Waals surface area contributed by atoms with E-state index in [9.17, 15) is 4.39 Å². The van der Waals surface area contributed by atoms with Crippen molar-refractivity contribution in [2.45, 2.75) is 38.6 Å². The molecule has 1 aliphatic rings. The van der Waals surface area contributed by atoms with Gasteiger partial charge in [-0.05, 0) is 30.4 Å². The third kappa shape index (κ3) is 3.57. The van der Waals surface area contributed by atoms with Crippen LogP contribution in [-0.2, 0) is 0 Å². The number of hydrogen-bond donors (Lipinski definition) is 2. The lowest BCUT2D eigenvalue weighted by Gasteiger charge is -2.16. The van der Waals surface area contributed by atoms with Gasteiger partial charge in [0.05, 0.1) is 5.56 Å². The number of pyridine rings is 2. The highest BCUT2D eigenvalue weighted by molar-refractivity contribution is 5.63. The van der Waals surface area contributed by atoms with Gasteiger partial charge in [-0.1, -0.05) is 13.8 Å². The number of halogens is 1. The van der Waals surface area contributed by atoms with Crippen LogP contribution in [0.4, 0.5) is 21.7 Å². The highest BCUT2D eigenvalue weighted by atomic mass is 19.1. The molecule has 0 radical (unpaired) electrons. The van der Waals surface area contributed by atoms with Gasteiger partial charge in [-0.25, -0.2) is 14.4 Å². The first kappa shape index (κ1) is 15.2. The third-order valence-corrected chi connectivity index (χ3v) is 3.71. The molecule has 3 rings (SSSR count). The van der Waals surface area contributed by atoms with Crippen LogP contribution in [0, 0.1) is 17.1 Å². The van der Waals surface area contributed by atoms with Crippen LogP contribution in [0.2, 0.25) is 0 Å². The molecule has 0 unspecified atom stereocenters. The molecule has 2 aromatic rings. The lowest BCUT2D eigenvalue weighted by atomic mass is 10.0. The van der Waals surface area contributed by atoms with Gasteiger partial charge in [0.1, 0.15) is 11.9 Å². The molecule has 0 aromatic carbocycles. The van der Waals surface area contributed by atoms with Crippen molar-refractivity contribution in [3.8, 4) is 6.07 Å². The van der Waals surface area contributed by atoms with Crippen LogP contribution in [0.5, 0.6) is 0 Å². The van der Waals surface area contributed by atoms with Gasteiger partial charge in [0.25, 0.3) is 0 Å². The first-order valence-electron chi connectivity index (χ1n) is 7.66. The number of hydrogen-bond acceptors (Lipinski definition) is 5. The van der Waals surface area contributed by atoms with E-state index < -0.39 is 5.82 Å². The van der Waals surface area contributed by atoms with E-state index in [4.69, 9.17) is 5.26 Å². The maximum Gasteiger partial charge on any atom is 0.167 e. The standard InChI is InChI=1S/C17H18FN5/c1-10(2)13-9-20-16(6-15(13)22-12-3-4-12)23-17-14(18)5-11(7-19)8-21-17/h5-6,8-10,12H,3-4H2,1-2H3,(H2,20,21,22,23). The monoisotopic (exact) mass is 311 g/mol. The summed E-state index contributed by atoms with van der Waals surface area (Å²) in [5.41, 5.74) is 2.34. The van der Waals surface area contributed by atoms with Crippen molar-refractivity contribution >= 4 is 17.3 Å². The summed E-state index contributed by atoms with van der Waals surface area (Å²) in [7, 11) is 0. The molecule has 6 heteroatoms. The second-order valence-corrected chi connectivity index (χ2v) is 6.02. The Labute approximate surface area is 134 Å². The quantitative estimate of drug-likeness (QED) is 0.875. The Morgan fingerprint density at radius 3 is 2.65 bits per heavy atom. The SMILES string of the molecule is CC(C)c1cnc(Nc2ncc(C#N)cc2F)cc1NC1CC1. The van der Waals surface area contributed by atoms with Crippen LogP contribution in [0.1, 0.15) is 43.7 Å². The summed E-state index contributed by atoms with van der Waals surface area (Å²) < 4.78 is 13.9. The van der Waals surface area contributed by atoms with Crippen LogP contribution in [-0.4, -0.2) is 16.0 Å². The van der Waals surface area contributed by atoms with Crippen LogP contribution >= 0.6 is 0 Å². The summed E-state index contributed by atoms with van der Waals surface area (Å²) in [6, 6.07) is 5.42. The fraction of sp³-hybridized carbons (Fsp3) is 0.353. The Balaban J connectivity index is 1.86. The molecule has 0 saturated heterocycles. The summed E-state index contributed by atoms with van der Waals surface area (Å²) in [5, 5.41) is 15.1. The molecular formula is C17H18FN5. The number of anilines is 3. The zero-order valence-corrected chi connectivity index (χ0v) is 13.1. The molecule has 2 heterocycles. The van der Waals surface area contributed by atoms with Crippen molar-refractivity contribution in [2.75, 3.05) is 10.6 Å². The van der Waals surface area contributed by atoms with E-state index in [-0.39, 0.29) is 11.4 Å². The van der Waals surface area contributed by atoms with Gasteiger partial charge in [0.2, 0.25) is 0 Å². The van der Waals surface area contributed by atoms with Crippen molar-refractivity contribution in [1.29, 1.82) is 5.26 Å². The maximum absolute atomic E-state index is 13.9. The third-order valence-electron chi connectivity index (χ3n) is 3.71. The Hall–Kier alpha value is -2.68. The lowest BCUT2D eigenvalue weighted by Crippen LogP contribution is -2.07. The van der Waals surface area contributed by atoms with Crippen molar-refractivity contribution < 1.29 is 4.39 Å². The molecule has 1 saturated carbocycles. The molecule has 0 atom stereocenters. The summed E-state index contributed by atoms with van der Waals surface area (Å²) in [6.45, 7) is 4.23. The normalized spacial score (nSPS) is 13.7. The van der Waals surface area contributed by atoms with E-state index in [0.717, 1.165) is 17.3 Å². The Morgan fingerprint density at radius 2 is 2.04 bits per heavy atom. The molecule has 0 aliphatic heterocycles. The van der Waals surface area contributed by atoms with Gasteiger partial charge in [-0.15, -0.1) is 0 Å². The van der Waals surface area contributed by atoms with Gasteiger partial charge >= 0.3 is 0 Å². The average molecular weight is 311 g/mol. The molecular weight excluding hydrogens is 293 g/mol. The summed E-state index contributed by atoms with van der Waals surface area (Å²) >= 11 is 0. The van der Waals surface area contributed by atoms with E-state index in [0.29, 0.717) is 17.8 Å². The highest BCUT2D eigenvalue weighted by Crippen LogP contribution is 2.32. The first-order chi connectivity index (χ1) is 11.1. The van der Waals surface area contributed by atoms with Crippen LogP contribution < -0.4 is 10.6 Å². The number of nitriles is 1. The number of rotatable bonds is 5. The molecule has 5 nitrogen and oxygen atoms in total. The van der Waals surface area contributed by atoms with Gasteiger partial charge in [0.15, 0.2) is 11.6 Å². The largest absolute Gasteiger partial charge is 0.382 e.